The predicted molar refractivity (Wildman–Crippen MR) is 57.7 cm³/mol. The maximum absolute atomic E-state index is 6.10. The maximum Gasteiger partial charge on any atom is 0.105 e. The van der Waals surface area contributed by atoms with Crippen molar-refractivity contribution in [2.45, 2.75) is 13.0 Å². The first-order chi connectivity index (χ1) is 7.11. The van der Waals surface area contributed by atoms with E-state index in [9.17, 15) is 0 Å². The van der Waals surface area contributed by atoms with Crippen LogP contribution >= 0.6 is 11.6 Å². The average molecular weight is 226 g/mol. The minimum atomic E-state index is -0.302. The van der Waals surface area contributed by atoms with E-state index in [1.807, 2.05) is 20.0 Å². The van der Waals surface area contributed by atoms with Crippen LogP contribution in [0.3, 0.4) is 0 Å². The molecule has 80 valence electrons. The minimum absolute atomic E-state index is 0.302. The molecule has 0 aliphatic carbocycles. The van der Waals surface area contributed by atoms with Gasteiger partial charge in [0.1, 0.15) is 5.76 Å². The van der Waals surface area contributed by atoms with Gasteiger partial charge >= 0.3 is 0 Å². The van der Waals surface area contributed by atoms with Gasteiger partial charge < -0.3 is 10.2 Å². The van der Waals surface area contributed by atoms with E-state index in [4.69, 9.17) is 21.8 Å². The Bertz CT molecular complexity index is 455. The van der Waals surface area contributed by atoms with Crippen molar-refractivity contribution >= 4 is 11.6 Å². The highest BCUT2D eigenvalue weighted by molar-refractivity contribution is 6.31. The molecule has 0 bridgehead atoms. The fourth-order valence-corrected chi connectivity index (χ4v) is 1.92. The molecule has 2 aromatic heterocycles. The van der Waals surface area contributed by atoms with Crippen molar-refractivity contribution in [1.29, 1.82) is 0 Å². The first-order valence-electron chi connectivity index (χ1n) is 4.58. The van der Waals surface area contributed by atoms with Crippen LogP contribution in [0.1, 0.15) is 23.1 Å². The Morgan fingerprint density at radius 2 is 2.33 bits per heavy atom. The number of aryl methyl sites for hydroxylation is 2. The zero-order valence-corrected chi connectivity index (χ0v) is 9.32. The molecule has 0 aromatic carbocycles. The molecule has 0 spiro atoms. The second kappa shape index (κ2) is 3.72. The lowest BCUT2D eigenvalue weighted by Gasteiger charge is -2.11. The van der Waals surface area contributed by atoms with Gasteiger partial charge in [0.25, 0.3) is 0 Å². The van der Waals surface area contributed by atoms with Crippen LogP contribution in [0.25, 0.3) is 0 Å². The first-order valence-corrected chi connectivity index (χ1v) is 4.96. The third-order valence-electron chi connectivity index (χ3n) is 2.47. The number of furan rings is 1. The van der Waals surface area contributed by atoms with E-state index in [1.54, 1.807) is 17.1 Å². The fourth-order valence-electron chi connectivity index (χ4n) is 1.63. The number of rotatable bonds is 2. The third-order valence-corrected chi connectivity index (χ3v) is 2.76. The van der Waals surface area contributed by atoms with Crippen LogP contribution in [0.4, 0.5) is 0 Å². The highest BCUT2D eigenvalue weighted by Crippen LogP contribution is 2.27. The van der Waals surface area contributed by atoms with E-state index in [1.165, 1.54) is 0 Å². The molecule has 0 saturated carbocycles. The van der Waals surface area contributed by atoms with Gasteiger partial charge in [-0.05, 0) is 13.0 Å². The Kier molecular flexibility index (Phi) is 2.54. The molecule has 5 heteroatoms. The summed E-state index contributed by atoms with van der Waals surface area (Å²) in [5, 5.41) is 4.63. The third kappa shape index (κ3) is 1.66. The average Bonchev–Trinajstić information content (AvgIpc) is 2.73. The Morgan fingerprint density at radius 3 is 2.80 bits per heavy atom. The number of hydrogen-bond acceptors (Lipinski definition) is 3. The summed E-state index contributed by atoms with van der Waals surface area (Å²) in [4.78, 5) is 0. The molecule has 0 radical (unpaired) electrons. The van der Waals surface area contributed by atoms with Crippen LogP contribution in [0.2, 0.25) is 5.02 Å². The summed E-state index contributed by atoms with van der Waals surface area (Å²) in [6, 6.07) is 1.55. The van der Waals surface area contributed by atoms with Crippen LogP contribution in [0.15, 0.2) is 22.9 Å². The lowest BCUT2D eigenvalue weighted by Crippen LogP contribution is -2.16. The molecular weight excluding hydrogens is 214 g/mol. The SMILES string of the molecule is Cc1occc1C(N)c1c(Cl)cnn1C. The number of hydrogen-bond donors (Lipinski definition) is 1. The van der Waals surface area contributed by atoms with Crippen molar-refractivity contribution in [2.75, 3.05) is 0 Å². The Hall–Kier alpha value is -1.26. The standard InChI is InChI=1S/C10H12ClN3O/c1-6-7(3-4-15-6)9(12)10-8(11)5-13-14(10)2/h3-5,9H,12H2,1-2H3. The number of aromatic nitrogens is 2. The highest BCUT2D eigenvalue weighted by atomic mass is 35.5. The quantitative estimate of drug-likeness (QED) is 0.851. The van der Waals surface area contributed by atoms with Gasteiger partial charge in [0.15, 0.2) is 0 Å². The van der Waals surface area contributed by atoms with Crippen LogP contribution in [0.5, 0.6) is 0 Å². The normalized spacial score (nSPS) is 13.1. The smallest absolute Gasteiger partial charge is 0.105 e. The van der Waals surface area contributed by atoms with Gasteiger partial charge in [-0.3, -0.25) is 4.68 Å². The van der Waals surface area contributed by atoms with Gasteiger partial charge in [0.2, 0.25) is 0 Å². The number of nitrogens with two attached hydrogens (primary N) is 1. The second-order valence-corrected chi connectivity index (χ2v) is 3.82. The summed E-state index contributed by atoms with van der Waals surface area (Å²) in [7, 11) is 1.82. The van der Waals surface area contributed by atoms with E-state index < -0.39 is 0 Å². The molecule has 0 aliphatic rings. The van der Waals surface area contributed by atoms with E-state index in [0.717, 1.165) is 17.0 Å². The van der Waals surface area contributed by atoms with Gasteiger partial charge in [-0.25, -0.2) is 0 Å². The number of nitrogens with zero attached hydrogens (tertiary/aromatic N) is 2. The van der Waals surface area contributed by atoms with Crippen molar-refractivity contribution in [3.8, 4) is 0 Å². The largest absolute Gasteiger partial charge is 0.469 e. The summed E-state index contributed by atoms with van der Waals surface area (Å²) in [5.41, 5.74) is 7.83. The molecule has 0 aliphatic heterocycles. The van der Waals surface area contributed by atoms with Crippen molar-refractivity contribution < 1.29 is 4.42 Å². The Morgan fingerprint density at radius 1 is 1.60 bits per heavy atom. The predicted octanol–water partition coefficient (Wildman–Crippen LogP) is 2.02. The fraction of sp³-hybridized carbons (Fsp3) is 0.300. The molecule has 0 fully saturated rings. The van der Waals surface area contributed by atoms with Crippen LogP contribution in [0, 0.1) is 6.92 Å². The van der Waals surface area contributed by atoms with E-state index in [-0.39, 0.29) is 6.04 Å². The van der Waals surface area contributed by atoms with Crippen molar-refractivity contribution in [3.63, 3.8) is 0 Å². The highest BCUT2D eigenvalue weighted by Gasteiger charge is 2.19. The Balaban J connectivity index is 2.45. The molecule has 2 N–H and O–H groups in total. The molecule has 2 heterocycles. The van der Waals surface area contributed by atoms with Gasteiger partial charge in [-0.2, -0.15) is 5.10 Å². The van der Waals surface area contributed by atoms with Crippen molar-refractivity contribution in [1.82, 2.24) is 9.78 Å². The van der Waals surface area contributed by atoms with Crippen LogP contribution < -0.4 is 5.73 Å². The lowest BCUT2D eigenvalue weighted by molar-refractivity contribution is 0.526. The molecule has 0 saturated heterocycles. The Labute approximate surface area is 92.6 Å². The monoisotopic (exact) mass is 225 g/mol. The van der Waals surface area contributed by atoms with Crippen molar-refractivity contribution in [3.05, 3.63) is 40.6 Å². The topological polar surface area (TPSA) is 57.0 Å². The molecule has 2 aromatic rings. The molecule has 4 nitrogen and oxygen atoms in total. The molecule has 1 unspecified atom stereocenters. The number of halogens is 1. The second-order valence-electron chi connectivity index (χ2n) is 3.41. The first kappa shape index (κ1) is 10.3. The summed E-state index contributed by atoms with van der Waals surface area (Å²) >= 11 is 6.02. The van der Waals surface area contributed by atoms with Gasteiger partial charge in [-0.1, -0.05) is 11.6 Å². The summed E-state index contributed by atoms with van der Waals surface area (Å²) < 4.78 is 6.89. The molecular formula is C10H12ClN3O. The van der Waals surface area contributed by atoms with Gasteiger partial charge in [0.05, 0.1) is 29.2 Å². The summed E-state index contributed by atoms with van der Waals surface area (Å²) in [6.45, 7) is 1.87. The zero-order valence-electron chi connectivity index (χ0n) is 8.57. The van der Waals surface area contributed by atoms with E-state index >= 15 is 0 Å². The van der Waals surface area contributed by atoms with Gasteiger partial charge in [-0.15, -0.1) is 0 Å². The summed E-state index contributed by atoms with van der Waals surface area (Å²) in [5.74, 6) is 0.805. The van der Waals surface area contributed by atoms with Crippen LogP contribution in [-0.4, -0.2) is 9.78 Å². The van der Waals surface area contributed by atoms with E-state index in [0.29, 0.717) is 5.02 Å². The van der Waals surface area contributed by atoms with E-state index in [2.05, 4.69) is 5.10 Å². The maximum atomic E-state index is 6.10. The van der Waals surface area contributed by atoms with Crippen LogP contribution in [-0.2, 0) is 7.05 Å². The minimum Gasteiger partial charge on any atom is -0.469 e. The molecule has 2 rings (SSSR count). The zero-order chi connectivity index (χ0) is 11.0. The lowest BCUT2D eigenvalue weighted by atomic mass is 10.1. The summed E-state index contributed by atoms with van der Waals surface area (Å²) in [6.07, 6.45) is 3.21. The van der Waals surface area contributed by atoms with Gasteiger partial charge in [0, 0.05) is 12.6 Å². The molecule has 1 atom stereocenters. The molecule has 15 heavy (non-hydrogen) atoms. The van der Waals surface area contributed by atoms with Crippen molar-refractivity contribution in [2.24, 2.45) is 12.8 Å². The molecule has 0 amide bonds.